The van der Waals surface area contributed by atoms with Crippen molar-refractivity contribution in [1.82, 2.24) is 4.90 Å². The zero-order valence-electron chi connectivity index (χ0n) is 26.6. The van der Waals surface area contributed by atoms with Crippen LogP contribution in [0.3, 0.4) is 0 Å². The normalized spacial score (nSPS) is 14.7. The number of aliphatic hydroxyl groups is 1. The first-order valence-electron chi connectivity index (χ1n) is 16.5. The van der Waals surface area contributed by atoms with Gasteiger partial charge in [-0.15, -0.1) is 0 Å². The molecule has 0 unspecified atom stereocenters. The summed E-state index contributed by atoms with van der Waals surface area (Å²) in [7, 11) is 0. The van der Waals surface area contributed by atoms with Crippen molar-refractivity contribution in [3.63, 3.8) is 0 Å². The van der Waals surface area contributed by atoms with Gasteiger partial charge in [-0.1, -0.05) is 91.5 Å². The maximum Gasteiger partial charge on any atom is 0.330 e. The van der Waals surface area contributed by atoms with E-state index in [4.69, 9.17) is 9.47 Å². The van der Waals surface area contributed by atoms with E-state index < -0.39 is 11.6 Å². The fourth-order valence-electron chi connectivity index (χ4n) is 6.90. The summed E-state index contributed by atoms with van der Waals surface area (Å²) >= 11 is 0. The number of amides is 1. The van der Waals surface area contributed by atoms with E-state index in [-0.39, 0.29) is 11.9 Å². The molecular formula is C41H41NO5. The van der Waals surface area contributed by atoms with E-state index in [9.17, 15) is 14.7 Å². The average Bonchev–Trinajstić information content (AvgIpc) is 3.62. The largest absolute Gasteiger partial charge is 0.494 e. The van der Waals surface area contributed by atoms with Crippen LogP contribution in [0, 0.1) is 0 Å². The molecule has 0 spiro atoms. The summed E-state index contributed by atoms with van der Waals surface area (Å²) in [5.41, 5.74) is 0.720. The van der Waals surface area contributed by atoms with E-state index in [0.717, 1.165) is 64.8 Å². The molecule has 1 amide bonds. The van der Waals surface area contributed by atoms with Crippen LogP contribution in [0.25, 0.3) is 21.5 Å². The Morgan fingerprint density at radius 2 is 1.34 bits per heavy atom. The molecule has 0 bridgehead atoms. The Kier molecular flexibility index (Phi) is 9.98. The molecule has 240 valence electrons. The summed E-state index contributed by atoms with van der Waals surface area (Å²) in [6.07, 6.45) is 6.25. The smallest absolute Gasteiger partial charge is 0.330 e. The molecule has 1 saturated heterocycles. The number of ether oxygens (including phenoxy) is 2. The molecule has 1 N–H and O–H groups in total. The van der Waals surface area contributed by atoms with E-state index in [2.05, 4.69) is 43.0 Å². The molecular weight excluding hydrogens is 586 g/mol. The van der Waals surface area contributed by atoms with Crippen LogP contribution in [0.1, 0.15) is 60.0 Å². The van der Waals surface area contributed by atoms with Gasteiger partial charge in [0.2, 0.25) is 0 Å². The minimum absolute atomic E-state index is 0.102. The number of benzene rings is 5. The first-order valence-corrected chi connectivity index (χ1v) is 16.5. The highest BCUT2D eigenvalue weighted by Gasteiger charge is 2.48. The number of esters is 1. The van der Waals surface area contributed by atoms with Gasteiger partial charge in [0.05, 0.1) is 19.3 Å². The summed E-state index contributed by atoms with van der Waals surface area (Å²) in [6, 6.07) is 35.2. The van der Waals surface area contributed by atoms with Gasteiger partial charge < -0.3 is 19.5 Å². The van der Waals surface area contributed by atoms with Crippen molar-refractivity contribution in [2.24, 2.45) is 0 Å². The quantitative estimate of drug-likeness (QED) is 0.0809. The molecule has 1 heterocycles. The predicted octanol–water partition coefficient (Wildman–Crippen LogP) is 8.20. The lowest BCUT2D eigenvalue weighted by atomic mass is 9.75. The molecule has 1 aliphatic rings. The Bertz CT molecular complexity index is 1770. The number of hydrogen-bond acceptors (Lipinski definition) is 5. The number of unbranched alkanes of at least 4 members (excludes halogenated alkanes) is 3. The van der Waals surface area contributed by atoms with Crippen molar-refractivity contribution >= 4 is 33.4 Å². The van der Waals surface area contributed by atoms with Crippen LogP contribution in [0.2, 0.25) is 0 Å². The van der Waals surface area contributed by atoms with Crippen molar-refractivity contribution in [3.8, 4) is 5.75 Å². The molecule has 1 atom stereocenters. The Morgan fingerprint density at radius 1 is 0.766 bits per heavy atom. The van der Waals surface area contributed by atoms with Crippen molar-refractivity contribution < 1.29 is 24.2 Å². The summed E-state index contributed by atoms with van der Waals surface area (Å²) in [6.45, 7) is 4.93. The molecule has 6 nitrogen and oxygen atoms in total. The van der Waals surface area contributed by atoms with Crippen molar-refractivity contribution in [3.05, 3.63) is 139 Å². The molecule has 1 aliphatic heterocycles. The number of likely N-dealkylation sites (tertiary alicyclic amines) is 1. The lowest BCUT2D eigenvalue weighted by Crippen LogP contribution is -2.50. The summed E-state index contributed by atoms with van der Waals surface area (Å²) in [4.78, 5) is 27.2. The SMILES string of the molecule is C=CC(=O)OCCCCCCOc1ccc(C(=O)N2CCC[C@@H]2C(O)(c2cccc3ccccc23)c2cccc3ccccc23)cc1. The molecule has 0 aliphatic carbocycles. The fourth-order valence-corrected chi connectivity index (χ4v) is 6.90. The summed E-state index contributed by atoms with van der Waals surface area (Å²) in [5.74, 6) is 0.221. The van der Waals surface area contributed by atoms with Crippen LogP contribution in [0.5, 0.6) is 5.75 Å². The highest BCUT2D eigenvalue weighted by molar-refractivity contribution is 5.96. The highest BCUT2D eigenvalue weighted by Crippen LogP contribution is 2.45. The second-order valence-electron chi connectivity index (χ2n) is 12.1. The van der Waals surface area contributed by atoms with E-state index in [0.29, 0.717) is 37.5 Å². The molecule has 6 rings (SSSR count). The van der Waals surface area contributed by atoms with E-state index in [1.807, 2.05) is 77.7 Å². The van der Waals surface area contributed by atoms with E-state index in [1.165, 1.54) is 6.08 Å². The average molecular weight is 628 g/mol. The van der Waals surface area contributed by atoms with Gasteiger partial charge in [0, 0.05) is 18.2 Å². The van der Waals surface area contributed by atoms with Crippen LogP contribution in [-0.4, -0.2) is 47.7 Å². The van der Waals surface area contributed by atoms with Crippen LogP contribution >= 0.6 is 0 Å². The highest BCUT2D eigenvalue weighted by atomic mass is 16.5. The first kappa shape index (κ1) is 32.0. The van der Waals surface area contributed by atoms with Crippen LogP contribution in [0.4, 0.5) is 0 Å². The number of nitrogens with zero attached hydrogens (tertiary/aromatic N) is 1. The second kappa shape index (κ2) is 14.7. The summed E-state index contributed by atoms with van der Waals surface area (Å²) in [5, 5.41) is 17.3. The first-order chi connectivity index (χ1) is 23.0. The Morgan fingerprint density at radius 3 is 1.96 bits per heavy atom. The number of rotatable bonds is 13. The van der Waals surface area contributed by atoms with E-state index in [1.54, 1.807) is 0 Å². The molecule has 47 heavy (non-hydrogen) atoms. The van der Waals surface area contributed by atoms with Crippen LogP contribution < -0.4 is 4.74 Å². The zero-order valence-corrected chi connectivity index (χ0v) is 26.6. The lowest BCUT2D eigenvalue weighted by Gasteiger charge is -2.41. The molecule has 5 aromatic rings. The molecule has 0 aromatic heterocycles. The van der Waals surface area contributed by atoms with Crippen LogP contribution in [0.15, 0.2) is 122 Å². The third-order valence-corrected chi connectivity index (χ3v) is 9.22. The van der Waals surface area contributed by atoms with Gasteiger partial charge in [-0.05, 0) is 95.5 Å². The van der Waals surface area contributed by atoms with E-state index >= 15 is 0 Å². The maximum atomic E-state index is 14.2. The maximum absolute atomic E-state index is 14.2. The molecule has 1 fully saturated rings. The minimum Gasteiger partial charge on any atom is -0.494 e. The standard InChI is InChI=1S/C41H41NO5/c1-2-39(43)47-29-10-4-3-9-28-46-33-25-23-32(24-26-33)40(44)42-27-13-22-38(42)41(45,36-20-11-16-30-14-5-7-18-34(30)36)37-21-12-17-31-15-6-8-19-35(31)37/h2,5-8,11-12,14-21,23-26,38,45H,1,3-4,9-10,13,22,27-29H2/t38-/m1/s1. The van der Waals surface area contributed by atoms with Gasteiger partial charge in [0.1, 0.15) is 11.4 Å². The van der Waals surface area contributed by atoms with Gasteiger partial charge in [-0.3, -0.25) is 4.79 Å². The second-order valence-corrected chi connectivity index (χ2v) is 12.1. The van der Waals surface area contributed by atoms with Gasteiger partial charge in [-0.25, -0.2) is 4.79 Å². The fraction of sp³-hybridized carbons (Fsp3) is 0.268. The number of carbonyl (C=O) groups excluding carboxylic acids is 2. The van der Waals surface area contributed by atoms with Crippen molar-refractivity contribution in [2.75, 3.05) is 19.8 Å². The van der Waals surface area contributed by atoms with Crippen LogP contribution in [-0.2, 0) is 15.1 Å². The number of carbonyl (C=O) groups is 2. The van der Waals surface area contributed by atoms with Crippen molar-refractivity contribution in [2.45, 2.75) is 50.2 Å². The molecule has 6 heteroatoms. The topological polar surface area (TPSA) is 76.1 Å². The van der Waals surface area contributed by atoms with Gasteiger partial charge in [-0.2, -0.15) is 0 Å². The van der Waals surface area contributed by atoms with Gasteiger partial charge in [0.15, 0.2) is 0 Å². The van der Waals surface area contributed by atoms with Gasteiger partial charge in [0.25, 0.3) is 5.91 Å². The number of hydrogen-bond donors (Lipinski definition) is 1. The van der Waals surface area contributed by atoms with Crippen molar-refractivity contribution in [1.29, 1.82) is 0 Å². The zero-order chi connectivity index (χ0) is 32.6. The summed E-state index contributed by atoms with van der Waals surface area (Å²) < 4.78 is 10.9. The predicted molar refractivity (Wildman–Crippen MR) is 187 cm³/mol. The third kappa shape index (κ3) is 6.79. The molecule has 0 saturated carbocycles. The Balaban J connectivity index is 1.22. The molecule has 5 aromatic carbocycles. The lowest BCUT2D eigenvalue weighted by molar-refractivity contribution is -0.137. The third-order valence-electron chi connectivity index (χ3n) is 9.22. The minimum atomic E-state index is -1.45. The number of fused-ring (bicyclic) bond motifs is 2. The monoisotopic (exact) mass is 627 g/mol. The molecule has 0 radical (unpaired) electrons. The Hall–Kier alpha value is -4.94. The Labute approximate surface area is 276 Å². The van der Waals surface area contributed by atoms with Gasteiger partial charge >= 0.3 is 5.97 Å².